The Morgan fingerprint density at radius 2 is 1.95 bits per heavy atom. The van der Waals surface area contributed by atoms with Crippen LogP contribution in [0, 0.1) is 6.92 Å². The van der Waals surface area contributed by atoms with Crippen LogP contribution < -0.4 is 5.73 Å². The standard InChI is InChI=1S/C18H17NO2/c1-12-6-7-16-14(10-12)11-17(21-16)18(20)15-5-3-2-4-13(15)8-9-19/h2-7,10-11H,8-9,19H2,1H3. The van der Waals surface area contributed by atoms with Gasteiger partial charge in [-0.05, 0) is 43.7 Å². The summed E-state index contributed by atoms with van der Waals surface area (Å²) in [6.07, 6.45) is 0.682. The number of nitrogens with two attached hydrogens (primary N) is 1. The van der Waals surface area contributed by atoms with Crippen molar-refractivity contribution in [2.45, 2.75) is 13.3 Å². The van der Waals surface area contributed by atoms with Crippen LogP contribution >= 0.6 is 0 Å². The molecule has 3 rings (SSSR count). The van der Waals surface area contributed by atoms with Crippen LogP contribution in [0.2, 0.25) is 0 Å². The van der Waals surface area contributed by atoms with Gasteiger partial charge < -0.3 is 10.2 Å². The first-order chi connectivity index (χ1) is 10.2. The molecule has 0 aliphatic heterocycles. The van der Waals surface area contributed by atoms with Crippen molar-refractivity contribution >= 4 is 16.8 Å². The molecular formula is C18H17NO2. The number of fused-ring (bicyclic) bond motifs is 1. The summed E-state index contributed by atoms with van der Waals surface area (Å²) in [5, 5.41) is 0.953. The van der Waals surface area contributed by atoms with Crippen molar-refractivity contribution in [3.05, 3.63) is 71.0 Å². The molecule has 0 spiro atoms. The Morgan fingerprint density at radius 3 is 2.76 bits per heavy atom. The van der Waals surface area contributed by atoms with Crippen LogP contribution in [0.15, 0.2) is 52.9 Å². The van der Waals surface area contributed by atoms with Gasteiger partial charge in [-0.2, -0.15) is 0 Å². The average Bonchev–Trinajstić information content (AvgIpc) is 2.90. The van der Waals surface area contributed by atoms with Gasteiger partial charge in [-0.15, -0.1) is 0 Å². The second kappa shape index (κ2) is 5.54. The van der Waals surface area contributed by atoms with E-state index in [0.717, 1.165) is 22.1 Å². The van der Waals surface area contributed by atoms with Crippen molar-refractivity contribution in [1.82, 2.24) is 0 Å². The average molecular weight is 279 g/mol. The van der Waals surface area contributed by atoms with Gasteiger partial charge in [0, 0.05) is 10.9 Å². The predicted octanol–water partition coefficient (Wildman–Crippen LogP) is 3.47. The van der Waals surface area contributed by atoms with E-state index >= 15 is 0 Å². The van der Waals surface area contributed by atoms with Crippen LogP contribution in [-0.4, -0.2) is 12.3 Å². The lowest BCUT2D eigenvalue weighted by Gasteiger charge is -2.05. The van der Waals surface area contributed by atoms with E-state index in [4.69, 9.17) is 10.2 Å². The van der Waals surface area contributed by atoms with Gasteiger partial charge >= 0.3 is 0 Å². The zero-order valence-electron chi connectivity index (χ0n) is 11.9. The smallest absolute Gasteiger partial charge is 0.228 e. The molecule has 0 saturated carbocycles. The quantitative estimate of drug-likeness (QED) is 0.744. The molecule has 0 fully saturated rings. The Kier molecular flexibility index (Phi) is 3.59. The Balaban J connectivity index is 2.04. The van der Waals surface area contributed by atoms with E-state index in [1.807, 2.05) is 55.5 Å². The van der Waals surface area contributed by atoms with Crippen LogP contribution in [0.5, 0.6) is 0 Å². The number of carbonyl (C=O) groups is 1. The molecule has 106 valence electrons. The number of carbonyl (C=O) groups excluding carboxylic acids is 1. The zero-order chi connectivity index (χ0) is 14.8. The molecule has 21 heavy (non-hydrogen) atoms. The molecular weight excluding hydrogens is 262 g/mol. The molecule has 0 bridgehead atoms. The van der Waals surface area contributed by atoms with Crippen molar-refractivity contribution in [2.24, 2.45) is 5.73 Å². The fraction of sp³-hybridized carbons (Fsp3) is 0.167. The molecule has 0 unspecified atom stereocenters. The van der Waals surface area contributed by atoms with Crippen molar-refractivity contribution in [2.75, 3.05) is 6.54 Å². The van der Waals surface area contributed by atoms with Crippen molar-refractivity contribution in [3.63, 3.8) is 0 Å². The number of benzene rings is 2. The topological polar surface area (TPSA) is 56.2 Å². The maximum absolute atomic E-state index is 12.7. The summed E-state index contributed by atoms with van der Waals surface area (Å²) in [6, 6.07) is 15.2. The Labute approximate surface area is 123 Å². The van der Waals surface area contributed by atoms with Gasteiger partial charge in [-0.3, -0.25) is 4.79 Å². The van der Waals surface area contributed by atoms with Gasteiger partial charge in [0.05, 0.1) is 0 Å². The molecule has 0 radical (unpaired) electrons. The third-order valence-corrected chi connectivity index (χ3v) is 3.57. The first kappa shape index (κ1) is 13.6. The number of aryl methyl sites for hydroxylation is 1. The van der Waals surface area contributed by atoms with E-state index in [0.29, 0.717) is 24.3 Å². The largest absolute Gasteiger partial charge is 0.453 e. The fourth-order valence-electron chi connectivity index (χ4n) is 2.52. The van der Waals surface area contributed by atoms with E-state index in [1.54, 1.807) is 0 Å². The van der Waals surface area contributed by atoms with Crippen LogP contribution in [0.4, 0.5) is 0 Å². The highest BCUT2D eigenvalue weighted by Crippen LogP contribution is 2.23. The Morgan fingerprint density at radius 1 is 1.14 bits per heavy atom. The highest BCUT2D eigenvalue weighted by atomic mass is 16.3. The number of rotatable bonds is 4. The van der Waals surface area contributed by atoms with Gasteiger partial charge in [-0.1, -0.05) is 35.9 Å². The van der Waals surface area contributed by atoms with Gasteiger partial charge in [0.25, 0.3) is 0 Å². The molecule has 0 atom stereocenters. The van der Waals surface area contributed by atoms with E-state index in [2.05, 4.69) is 0 Å². The summed E-state index contributed by atoms with van der Waals surface area (Å²) >= 11 is 0. The highest BCUT2D eigenvalue weighted by molar-refractivity contribution is 6.09. The summed E-state index contributed by atoms with van der Waals surface area (Å²) in [4.78, 5) is 12.7. The van der Waals surface area contributed by atoms with E-state index in [9.17, 15) is 4.79 Å². The third kappa shape index (κ3) is 2.60. The molecule has 2 aromatic carbocycles. The van der Waals surface area contributed by atoms with Crippen LogP contribution in [-0.2, 0) is 6.42 Å². The van der Waals surface area contributed by atoms with Gasteiger partial charge in [0.1, 0.15) is 5.58 Å². The first-order valence-corrected chi connectivity index (χ1v) is 7.02. The maximum atomic E-state index is 12.7. The SMILES string of the molecule is Cc1ccc2oc(C(=O)c3ccccc3CCN)cc2c1. The maximum Gasteiger partial charge on any atom is 0.228 e. The molecule has 0 amide bonds. The van der Waals surface area contributed by atoms with Crippen LogP contribution in [0.1, 0.15) is 27.2 Å². The number of furan rings is 1. The number of ketones is 1. The van der Waals surface area contributed by atoms with Crippen molar-refractivity contribution in [1.29, 1.82) is 0 Å². The fourth-order valence-corrected chi connectivity index (χ4v) is 2.52. The second-order valence-corrected chi connectivity index (χ2v) is 5.18. The molecule has 3 aromatic rings. The van der Waals surface area contributed by atoms with Crippen LogP contribution in [0.3, 0.4) is 0 Å². The lowest BCUT2D eigenvalue weighted by Crippen LogP contribution is -2.09. The minimum atomic E-state index is -0.0899. The molecule has 1 aromatic heterocycles. The molecule has 1 heterocycles. The van der Waals surface area contributed by atoms with E-state index in [1.165, 1.54) is 0 Å². The normalized spacial score (nSPS) is 11.0. The monoisotopic (exact) mass is 279 g/mol. The molecule has 0 aliphatic carbocycles. The highest BCUT2D eigenvalue weighted by Gasteiger charge is 2.17. The molecule has 3 nitrogen and oxygen atoms in total. The second-order valence-electron chi connectivity index (χ2n) is 5.18. The summed E-state index contributed by atoms with van der Waals surface area (Å²) in [6.45, 7) is 2.54. The lowest BCUT2D eigenvalue weighted by molar-refractivity contribution is 0.101. The van der Waals surface area contributed by atoms with E-state index < -0.39 is 0 Å². The van der Waals surface area contributed by atoms with Gasteiger partial charge in [0.2, 0.25) is 5.78 Å². The third-order valence-electron chi connectivity index (χ3n) is 3.57. The number of hydrogen-bond donors (Lipinski definition) is 1. The Bertz CT molecular complexity index is 802. The number of hydrogen-bond acceptors (Lipinski definition) is 3. The zero-order valence-corrected chi connectivity index (χ0v) is 11.9. The van der Waals surface area contributed by atoms with E-state index in [-0.39, 0.29) is 5.78 Å². The Hall–Kier alpha value is -2.39. The summed E-state index contributed by atoms with van der Waals surface area (Å²) in [7, 11) is 0. The van der Waals surface area contributed by atoms with Crippen LogP contribution in [0.25, 0.3) is 11.0 Å². The summed E-state index contributed by atoms with van der Waals surface area (Å²) in [5.41, 5.74) is 9.12. The van der Waals surface area contributed by atoms with Gasteiger partial charge in [0.15, 0.2) is 5.76 Å². The van der Waals surface area contributed by atoms with Crippen molar-refractivity contribution in [3.8, 4) is 0 Å². The van der Waals surface area contributed by atoms with Gasteiger partial charge in [-0.25, -0.2) is 0 Å². The molecule has 2 N–H and O–H groups in total. The molecule has 0 saturated heterocycles. The molecule has 3 heteroatoms. The molecule has 0 aliphatic rings. The summed E-state index contributed by atoms with van der Waals surface area (Å²) in [5.74, 6) is 0.285. The van der Waals surface area contributed by atoms with Crippen molar-refractivity contribution < 1.29 is 9.21 Å². The lowest BCUT2D eigenvalue weighted by atomic mass is 9.99. The summed E-state index contributed by atoms with van der Waals surface area (Å²) < 4.78 is 5.69. The first-order valence-electron chi connectivity index (χ1n) is 7.02. The predicted molar refractivity (Wildman–Crippen MR) is 83.6 cm³/mol. The minimum Gasteiger partial charge on any atom is -0.453 e. The minimum absolute atomic E-state index is 0.0899.